The van der Waals surface area contributed by atoms with Gasteiger partial charge in [0.05, 0.1) is 11.3 Å². The molecule has 0 saturated heterocycles. The van der Waals surface area contributed by atoms with Crippen molar-refractivity contribution in [3.8, 4) is 28.1 Å². The Bertz CT molecular complexity index is 1100. The van der Waals surface area contributed by atoms with Crippen molar-refractivity contribution in [2.45, 2.75) is 13.3 Å². The first kappa shape index (κ1) is 15.2. The van der Waals surface area contributed by atoms with Crippen LogP contribution in [0.1, 0.15) is 12.5 Å². The molecule has 0 aliphatic carbocycles. The summed E-state index contributed by atoms with van der Waals surface area (Å²) >= 11 is 0. The van der Waals surface area contributed by atoms with Gasteiger partial charge in [-0.1, -0.05) is 37.3 Å². The van der Waals surface area contributed by atoms with Crippen LogP contribution < -0.4 is 5.63 Å². The second-order valence-corrected chi connectivity index (χ2v) is 5.80. The quantitative estimate of drug-likeness (QED) is 0.553. The van der Waals surface area contributed by atoms with Gasteiger partial charge in [0.1, 0.15) is 5.75 Å². The summed E-state index contributed by atoms with van der Waals surface area (Å²) < 4.78 is 5.50. The predicted molar refractivity (Wildman–Crippen MR) is 96.5 cm³/mol. The van der Waals surface area contributed by atoms with Gasteiger partial charge in [-0.25, -0.2) is 4.79 Å². The van der Waals surface area contributed by atoms with E-state index in [1.165, 1.54) is 6.07 Å². The first-order valence-corrected chi connectivity index (χ1v) is 8.07. The largest absolute Gasteiger partial charge is 0.507 e. The van der Waals surface area contributed by atoms with E-state index in [4.69, 9.17) is 4.42 Å². The van der Waals surface area contributed by atoms with Crippen molar-refractivity contribution >= 4 is 11.0 Å². The molecule has 2 heterocycles. The van der Waals surface area contributed by atoms with Crippen LogP contribution in [0.5, 0.6) is 5.75 Å². The second-order valence-electron chi connectivity index (χ2n) is 5.80. The summed E-state index contributed by atoms with van der Waals surface area (Å²) in [6.07, 6.45) is 2.24. The average molecular weight is 332 g/mol. The zero-order chi connectivity index (χ0) is 17.4. The molecule has 0 atom stereocenters. The number of rotatable bonds is 3. The summed E-state index contributed by atoms with van der Waals surface area (Å²) in [7, 11) is 0. The molecule has 124 valence electrons. The topological polar surface area (TPSA) is 79.1 Å². The number of fused-ring (bicyclic) bond motifs is 1. The average Bonchev–Trinajstić information content (AvgIpc) is 3.15. The zero-order valence-corrected chi connectivity index (χ0v) is 13.6. The maximum atomic E-state index is 12.2. The van der Waals surface area contributed by atoms with Gasteiger partial charge >= 0.3 is 5.63 Å². The molecule has 0 aliphatic heterocycles. The minimum atomic E-state index is -0.462. The van der Waals surface area contributed by atoms with Gasteiger partial charge in [-0.05, 0) is 35.2 Å². The van der Waals surface area contributed by atoms with Crippen LogP contribution in [0.15, 0.2) is 63.9 Å². The molecule has 5 heteroatoms. The molecule has 0 radical (unpaired) electrons. The van der Waals surface area contributed by atoms with Crippen LogP contribution in [0, 0.1) is 0 Å². The molecule has 2 aromatic carbocycles. The van der Waals surface area contributed by atoms with Crippen molar-refractivity contribution in [3.63, 3.8) is 0 Å². The molecule has 25 heavy (non-hydrogen) atoms. The van der Waals surface area contributed by atoms with Gasteiger partial charge in [0.25, 0.3) is 0 Å². The lowest BCUT2D eigenvalue weighted by molar-refractivity contribution is 0.469. The third-order valence-corrected chi connectivity index (χ3v) is 4.32. The lowest BCUT2D eigenvalue weighted by Crippen LogP contribution is -2.01. The van der Waals surface area contributed by atoms with Crippen LogP contribution in [0.3, 0.4) is 0 Å². The van der Waals surface area contributed by atoms with E-state index >= 15 is 0 Å². The number of aromatic nitrogens is 2. The maximum absolute atomic E-state index is 12.2. The molecule has 0 spiro atoms. The first-order chi connectivity index (χ1) is 12.2. The number of phenolic OH excluding ortho intramolecular Hbond substituents is 1. The van der Waals surface area contributed by atoms with Gasteiger partial charge in [-0.15, -0.1) is 0 Å². The molecule has 0 fully saturated rings. The highest BCUT2D eigenvalue weighted by atomic mass is 16.4. The molecular weight excluding hydrogens is 316 g/mol. The Morgan fingerprint density at radius 1 is 1.16 bits per heavy atom. The van der Waals surface area contributed by atoms with E-state index in [2.05, 4.69) is 10.2 Å². The fourth-order valence-corrected chi connectivity index (χ4v) is 3.11. The summed E-state index contributed by atoms with van der Waals surface area (Å²) in [5.74, 6) is 0.104. The van der Waals surface area contributed by atoms with Crippen molar-refractivity contribution in [3.05, 3.63) is 70.7 Å². The fraction of sp³-hybridized carbons (Fsp3) is 0.100. The number of aromatic hydroxyl groups is 1. The highest BCUT2D eigenvalue weighted by Crippen LogP contribution is 2.41. The number of hydrogen-bond acceptors (Lipinski definition) is 4. The normalized spacial score (nSPS) is 11.1. The molecule has 0 aliphatic rings. The standard InChI is InChI=1S/C20H16N2O3/c1-2-12-10-15-14(13-6-4-3-5-7-13)11-17(23)25-20(15)18(19(12)24)16-8-9-21-22-16/h3-11,24H,2H2,1H3,(H,21,22). The van der Waals surface area contributed by atoms with Crippen LogP contribution in [-0.2, 0) is 6.42 Å². The number of aromatic amines is 1. The Morgan fingerprint density at radius 2 is 1.96 bits per heavy atom. The summed E-state index contributed by atoms with van der Waals surface area (Å²) in [6.45, 7) is 1.97. The van der Waals surface area contributed by atoms with E-state index in [0.717, 1.165) is 22.1 Å². The summed E-state index contributed by atoms with van der Waals surface area (Å²) in [4.78, 5) is 12.2. The Morgan fingerprint density at radius 3 is 2.64 bits per heavy atom. The molecule has 4 rings (SSSR count). The predicted octanol–water partition coefficient (Wildman–Crippen LogP) is 4.12. The summed E-state index contributed by atoms with van der Waals surface area (Å²) in [5.41, 5.74) is 3.43. The number of benzene rings is 2. The summed E-state index contributed by atoms with van der Waals surface area (Å²) in [6, 6.07) is 14.8. The third kappa shape index (κ3) is 2.50. The zero-order valence-electron chi connectivity index (χ0n) is 13.6. The van der Waals surface area contributed by atoms with Crippen molar-refractivity contribution in [1.82, 2.24) is 10.2 Å². The van der Waals surface area contributed by atoms with E-state index in [-0.39, 0.29) is 5.75 Å². The van der Waals surface area contributed by atoms with Crippen molar-refractivity contribution in [1.29, 1.82) is 0 Å². The summed E-state index contributed by atoms with van der Waals surface area (Å²) in [5, 5.41) is 18.3. The number of nitrogens with one attached hydrogen (secondary N) is 1. The number of phenols is 1. The van der Waals surface area contributed by atoms with E-state index in [0.29, 0.717) is 23.3 Å². The van der Waals surface area contributed by atoms with Crippen LogP contribution in [0.4, 0.5) is 0 Å². The highest BCUT2D eigenvalue weighted by Gasteiger charge is 2.20. The smallest absolute Gasteiger partial charge is 0.336 e. The molecule has 2 N–H and O–H groups in total. The number of aryl methyl sites for hydroxylation is 1. The lowest BCUT2D eigenvalue weighted by atomic mass is 9.95. The van der Waals surface area contributed by atoms with Gasteiger partial charge in [-0.2, -0.15) is 5.10 Å². The lowest BCUT2D eigenvalue weighted by Gasteiger charge is -2.13. The first-order valence-electron chi connectivity index (χ1n) is 8.07. The molecular formula is C20H16N2O3. The van der Waals surface area contributed by atoms with Gasteiger partial charge in [-0.3, -0.25) is 5.10 Å². The third-order valence-electron chi connectivity index (χ3n) is 4.32. The Balaban J connectivity index is 2.17. The van der Waals surface area contributed by atoms with Crippen LogP contribution >= 0.6 is 0 Å². The molecule has 0 bridgehead atoms. The molecule has 2 aromatic heterocycles. The number of hydrogen-bond donors (Lipinski definition) is 2. The minimum absolute atomic E-state index is 0.104. The van der Waals surface area contributed by atoms with Crippen molar-refractivity contribution in [2.75, 3.05) is 0 Å². The fourth-order valence-electron chi connectivity index (χ4n) is 3.11. The molecule has 4 aromatic rings. The Hall–Kier alpha value is -3.34. The van der Waals surface area contributed by atoms with Crippen LogP contribution in [0.25, 0.3) is 33.4 Å². The van der Waals surface area contributed by atoms with Gasteiger partial charge < -0.3 is 9.52 Å². The van der Waals surface area contributed by atoms with E-state index in [1.807, 2.05) is 43.3 Å². The maximum Gasteiger partial charge on any atom is 0.336 e. The van der Waals surface area contributed by atoms with Crippen LogP contribution in [0.2, 0.25) is 0 Å². The second kappa shape index (κ2) is 5.94. The number of H-pyrrole nitrogens is 1. The van der Waals surface area contributed by atoms with Crippen molar-refractivity contribution < 1.29 is 9.52 Å². The molecule has 0 amide bonds. The SMILES string of the molecule is CCc1cc2c(-c3ccccc3)cc(=O)oc2c(-c2ccn[nH]2)c1O. The Kier molecular flexibility index (Phi) is 3.61. The van der Waals surface area contributed by atoms with Gasteiger partial charge in [0, 0.05) is 17.6 Å². The monoisotopic (exact) mass is 332 g/mol. The van der Waals surface area contributed by atoms with E-state index in [9.17, 15) is 9.90 Å². The van der Waals surface area contributed by atoms with E-state index in [1.54, 1.807) is 12.3 Å². The molecule has 0 saturated carbocycles. The molecule has 0 unspecified atom stereocenters. The number of nitrogens with zero attached hydrogens (tertiary/aromatic N) is 1. The Labute approximate surface area is 143 Å². The minimum Gasteiger partial charge on any atom is -0.507 e. The molecule has 5 nitrogen and oxygen atoms in total. The van der Waals surface area contributed by atoms with Gasteiger partial charge in [0.15, 0.2) is 5.58 Å². The van der Waals surface area contributed by atoms with E-state index < -0.39 is 5.63 Å². The van der Waals surface area contributed by atoms with Crippen molar-refractivity contribution in [2.24, 2.45) is 0 Å². The van der Waals surface area contributed by atoms with Gasteiger partial charge in [0.2, 0.25) is 0 Å². The highest BCUT2D eigenvalue weighted by molar-refractivity contribution is 6.03. The van der Waals surface area contributed by atoms with Crippen LogP contribution in [-0.4, -0.2) is 15.3 Å².